The van der Waals surface area contributed by atoms with Gasteiger partial charge in [0, 0.05) is 0 Å². The minimum Gasteiger partial charge on any atom is -1.00 e. The Morgan fingerprint density at radius 3 is 0.750 bits per heavy atom. The average molecular weight is 126 g/mol. The van der Waals surface area contributed by atoms with Gasteiger partial charge in [-0.15, -0.1) is 0 Å². The van der Waals surface area contributed by atoms with Crippen molar-refractivity contribution in [2.75, 3.05) is 0 Å². The number of hydrogen-bond donors (Lipinski definition) is 0. The molecule has 0 nitrogen and oxygen atoms in total. The SMILES string of the molecule is [F-].[F-].[Na+].[Zn+2]. The molecule has 16 valence electrons. The van der Waals surface area contributed by atoms with E-state index in [1.807, 2.05) is 0 Å². The zero-order valence-electron chi connectivity index (χ0n) is 2.46. The third-order valence-corrected chi connectivity index (χ3v) is 0. The largest absolute Gasteiger partial charge is 2.00 e. The van der Waals surface area contributed by atoms with Crippen molar-refractivity contribution in [2.24, 2.45) is 0 Å². The summed E-state index contributed by atoms with van der Waals surface area (Å²) in [6, 6.07) is 0. The van der Waals surface area contributed by atoms with Gasteiger partial charge in [-0.25, -0.2) is 0 Å². The zero-order valence-corrected chi connectivity index (χ0v) is 7.43. The summed E-state index contributed by atoms with van der Waals surface area (Å²) >= 11 is 0. The molecule has 0 spiro atoms. The Labute approximate surface area is 58.1 Å². The summed E-state index contributed by atoms with van der Waals surface area (Å²) in [6.07, 6.45) is 0. The van der Waals surface area contributed by atoms with E-state index in [-0.39, 0.29) is 58.4 Å². The molecule has 0 atom stereocenters. The first-order valence-electron chi connectivity index (χ1n) is 0. The average Bonchev–Trinajstić information content (AvgIpc) is 0. The van der Waals surface area contributed by atoms with Gasteiger partial charge in [0.1, 0.15) is 0 Å². The van der Waals surface area contributed by atoms with Gasteiger partial charge in [0.15, 0.2) is 0 Å². The van der Waals surface area contributed by atoms with Gasteiger partial charge in [0.05, 0.1) is 0 Å². The van der Waals surface area contributed by atoms with Crippen LogP contribution in [0.1, 0.15) is 0 Å². The molecular weight excluding hydrogens is 126 g/mol. The van der Waals surface area contributed by atoms with Crippen molar-refractivity contribution in [3.63, 3.8) is 0 Å². The number of rotatable bonds is 0. The molecule has 0 aromatic heterocycles. The fourth-order valence-electron chi connectivity index (χ4n) is 0. The van der Waals surface area contributed by atoms with Crippen LogP contribution >= 0.6 is 0 Å². The Morgan fingerprint density at radius 2 is 0.750 bits per heavy atom. The van der Waals surface area contributed by atoms with E-state index in [0.717, 1.165) is 0 Å². The Bertz CT molecular complexity index is 6.00. The number of halogens is 2. The topological polar surface area (TPSA) is 0 Å². The van der Waals surface area contributed by atoms with Crippen LogP contribution in [0.15, 0.2) is 0 Å². The van der Waals surface area contributed by atoms with Crippen LogP contribution in [0.5, 0.6) is 0 Å². The molecule has 4 heavy (non-hydrogen) atoms. The van der Waals surface area contributed by atoms with Gasteiger partial charge >= 0.3 is 49.0 Å². The molecule has 0 aromatic rings. The fourth-order valence-corrected chi connectivity index (χ4v) is 0. The monoisotopic (exact) mass is 125 g/mol. The molecule has 0 aliphatic carbocycles. The van der Waals surface area contributed by atoms with E-state index >= 15 is 0 Å². The smallest absolute Gasteiger partial charge is 1.00 e. The van der Waals surface area contributed by atoms with Gasteiger partial charge in [0.2, 0.25) is 0 Å². The van der Waals surface area contributed by atoms with Gasteiger partial charge < -0.3 is 9.41 Å². The maximum absolute atomic E-state index is 0. The minimum absolute atomic E-state index is 0. The molecule has 0 amide bonds. The second kappa shape index (κ2) is 24.7. The van der Waals surface area contributed by atoms with Crippen molar-refractivity contribution >= 4 is 0 Å². The molecular formula is F2NaZn+. The predicted molar refractivity (Wildman–Crippen MR) is 0 cm³/mol. The van der Waals surface area contributed by atoms with Crippen molar-refractivity contribution in [1.82, 2.24) is 0 Å². The van der Waals surface area contributed by atoms with Gasteiger partial charge in [-0.3, -0.25) is 0 Å². The molecule has 0 aliphatic heterocycles. The summed E-state index contributed by atoms with van der Waals surface area (Å²) < 4.78 is 0. The molecule has 0 aromatic carbocycles. The van der Waals surface area contributed by atoms with Crippen LogP contribution in [0.2, 0.25) is 0 Å². The Hall–Kier alpha value is 1.48. The van der Waals surface area contributed by atoms with E-state index in [0.29, 0.717) is 0 Å². The van der Waals surface area contributed by atoms with Crippen molar-refractivity contribution in [3.8, 4) is 0 Å². The van der Waals surface area contributed by atoms with E-state index in [1.165, 1.54) is 0 Å². The predicted octanol–water partition coefficient (Wildman–Crippen LogP) is -8.99. The molecule has 0 aliphatic rings. The van der Waals surface area contributed by atoms with Crippen LogP contribution in [-0.2, 0) is 19.5 Å². The van der Waals surface area contributed by atoms with Crippen LogP contribution in [0.25, 0.3) is 0 Å². The Kier molecular flexibility index (Phi) is 310. The molecule has 0 N–H and O–H groups in total. The molecule has 4 heteroatoms. The quantitative estimate of drug-likeness (QED) is 0.283. The van der Waals surface area contributed by atoms with Gasteiger partial charge in [-0.2, -0.15) is 0 Å². The maximum Gasteiger partial charge on any atom is 2.00 e. The van der Waals surface area contributed by atoms with Crippen molar-refractivity contribution in [1.29, 1.82) is 0 Å². The molecule has 0 rings (SSSR count). The van der Waals surface area contributed by atoms with Gasteiger partial charge in [0.25, 0.3) is 0 Å². The molecule has 0 bridgehead atoms. The second-order valence-corrected chi connectivity index (χ2v) is 0. The van der Waals surface area contributed by atoms with E-state index in [2.05, 4.69) is 0 Å². The standard InChI is InChI=1S/2FH.Na.Zn/h2*1H;;/q;;+1;+2/p-2. The van der Waals surface area contributed by atoms with Crippen LogP contribution in [0, 0.1) is 0 Å². The minimum atomic E-state index is 0. The van der Waals surface area contributed by atoms with Crippen molar-refractivity contribution in [2.45, 2.75) is 0 Å². The van der Waals surface area contributed by atoms with Crippen molar-refractivity contribution in [3.05, 3.63) is 0 Å². The maximum atomic E-state index is 0. The molecule has 0 heterocycles. The second-order valence-electron chi connectivity index (χ2n) is 0. The van der Waals surface area contributed by atoms with Crippen LogP contribution in [0.3, 0.4) is 0 Å². The number of hydrogen-bond acceptors (Lipinski definition) is 0. The molecule has 0 radical (unpaired) electrons. The zero-order chi connectivity index (χ0) is 0. The third-order valence-electron chi connectivity index (χ3n) is 0. The van der Waals surface area contributed by atoms with E-state index in [4.69, 9.17) is 0 Å². The fraction of sp³-hybridized carbons (Fsp3) is 0. The first kappa shape index (κ1) is 50.1. The van der Waals surface area contributed by atoms with Crippen molar-refractivity contribution < 1.29 is 58.4 Å². The molecule has 0 saturated heterocycles. The molecule has 0 unspecified atom stereocenters. The Morgan fingerprint density at radius 1 is 0.750 bits per heavy atom. The first-order chi connectivity index (χ1) is 0. The summed E-state index contributed by atoms with van der Waals surface area (Å²) in [5.41, 5.74) is 0. The summed E-state index contributed by atoms with van der Waals surface area (Å²) in [7, 11) is 0. The van der Waals surface area contributed by atoms with Gasteiger partial charge in [-0.1, -0.05) is 0 Å². The summed E-state index contributed by atoms with van der Waals surface area (Å²) in [6.45, 7) is 0. The van der Waals surface area contributed by atoms with Crippen LogP contribution in [0.4, 0.5) is 0 Å². The summed E-state index contributed by atoms with van der Waals surface area (Å²) in [5.74, 6) is 0. The summed E-state index contributed by atoms with van der Waals surface area (Å²) in [4.78, 5) is 0. The molecule has 0 saturated carbocycles. The van der Waals surface area contributed by atoms with Crippen LogP contribution < -0.4 is 39.0 Å². The summed E-state index contributed by atoms with van der Waals surface area (Å²) in [5, 5.41) is 0. The van der Waals surface area contributed by atoms with Crippen LogP contribution in [-0.4, -0.2) is 0 Å². The third kappa shape index (κ3) is 9.76. The Balaban J connectivity index is 0. The normalized spacial score (nSPS) is 0. The first-order valence-corrected chi connectivity index (χ1v) is 0. The molecule has 0 fully saturated rings. The van der Waals surface area contributed by atoms with E-state index in [1.54, 1.807) is 0 Å². The van der Waals surface area contributed by atoms with E-state index in [9.17, 15) is 0 Å². The van der Waals surface area contributed by atoms with E-state index < -0.39 is 0 Å². The van der Waals surface area contributed by atoms with Gasteiger partial charge in [-0.05, 0) is 0 Å².